The lowest BCUT2D eigenvalue weighted by Crippen LogP contribution is -2.34. The van der Waals surface area contributed by atoms with Crippen molar-refractivity contribution in [2.24, 2.45) is 7.05 Å². The van der Waals surface area contributed by atoms with Crippen molar-refractivity contribution in [1.82, 2.24) is 14.7 Å². The quantitative estimate of drug-likeness (QED) is 0.856. The molecule has 20 heavy (non-hydrogen) atoms. The molecular formula is C16H20BrN3. The smallest absolute Gasteiger partial charge is 0.104 e. The van der Waals surface area contributed by atoms with E-state index in [1.165, 1.54) is 30.6 Å². The summed E-state index contributed by atoms with van der Waals surface area (Å²) in [5, 5.41) is 4.62. The summed E-state index contributed by atoms with van der Waals surface area (Å²) in [6, 6.07) is 12.9. The van der Waals surface area contributed by atoms with Gasteiger partial charge in [-0.3, -0.25) is 9.58 Å². The van der Waals surface area contributed by atoms with E-state index < -0.39 is 0 Å². The average molecular weight is 334 g/mol. The van der Waals surface area contributed by atoms with Crippen LogP contribution < -0.4 is 0 Å². The molecule has 1 aliphatic heterocycles. The third-order valence-corrected chi connectivity index (χ3v) is 4.76. The van der Waals surface area contributed by atoms with Crippen molar-refractivity contribution >= 4 is 15.9 Å². The number of nitrogens with zero attached hydrogens (tertiary/aromatic N) is 3. The molecule has 1 aromatic heterocycles. The highest BCUT2D eigenvalue weighted by atomic mass is 79.9. The van der Waals surface area contributed by atoms with Crippen molar-refractivity contribution in [3.63, 3.8) is 0 Å². The van der Waals surface area contributed by atoms with Crippen molar-refractivity contribution in [3.05, 3.63) is 52.3 Å². The first kappa shape index (κ1) is 13.8. The van der Waals surface area contributed by atoms with E-state index in [0.29, 0.717) is 5.92 Å². The monoisotopic (exact) mass is 333 g/mol. The molecule has 0 bridgehead atoms. The maximum atomic E-state index is 4.62. The highest BCUT2D eigenvalue weighted by Gasteiger charge is 2.23. The Kier molecular flexibility index (Phi) is 4.22. The number of hydrogen-bond acceptors (Lipinski definition) is 2. The van der Waals surface area contributed by atoms with E-state index in [1.54, 1.807) is 0 Å². The van der Waals surface area contributed by atoms with Crippen LogP contribution in [0.25, 0.3) is 0 Å². The van der Waals surface area contributed by atoms with Gasteiger partial charge in [-0.25, -0.2) is 0 Å². The number of piperidine rings is 1. The highest BCUT2D eigenvalue weighted by molar-refractivity contribution is 9.10. The van der Waals surface area contributed by atoms with E-state index in [9.17, 15) is 0 Å². The SMILES string of the molecule is Cn1nc(C2CCCN(Cc3ccccc3)C2)cc1Br. The number of halogens is 1. The summed E-state index contributed by atoms with van der Waals surface area (Å²) in [7, 11) is 1.98. The van der Waals surface area contributed by atoms with Gasteiger partial charge in [-0.15, -0.1) is 0 Å². The van der Waals surface area contributed by atoms with Gasteiger partial charge in [0.15, 0.2) is 0 Å². The summed E-state index contributed by atoms with van der Waals surface area (Å²) in [5.41, 5.74) is 2.62. The Hall–Kier alpha value is -1.13. The zero-order valence-electron chi connectivity index (χ0n) is 11.8. The van der Waals surface area contributed by atoms with Crippen molar-refractivity contribution < 1.29 is 0 Å². The molecule has 1 aliphatic rings. The maximum absolute atomic E-state index is 4.62. The van der Waals surface area contributed by atoms with Crippen LogP contribution in [0.5, 0.6) is 0 Å². The van der Waals surface area contributed by atoms with Crippen LogP contribution in [0.2, 0.25) is 0 Å². The van der Waals surface area contributed by atoms with Crippen LogP contribution in [0.4, 0.5) is 0 Å². The molecule has 0 spiro atoms. The molecule has 1 saturated heterocycles. The van der Waals surface area contributed by atoms with Gasteiger partial charge in [0.1, 0.15) is 4.60 Å². The van der Waals surface area contributed by atoms with Crippen LogP contribution in [0.15, 0.2) is 41.0 Å². The molecule has 1 fully saturated rings. The summed E-state index contributed by atoms with van der Waals surface area (Å²) < 4.78 is 2.97. The average Bonchev–Trinajstić information content (AvgIpc) is 2.80. The summed E-state index contributed by atoms with van der Waals surface area (Å²) in [5.74, 6) is 0.560. The molecular weight excluding hydrogens is 314 g/mol. The van der Waals surface area contributed by atoms with Crippen LogP contribution >= 0.6 is 15.9 Å². The number of benzene rings is 1. The number of hydrogen-bond donors (Lipinski definition) is 0. The van der Waals surface area contributed by atoms with Crippen LogP contribution in [-0.4, -0.2) is 27.8 Å². The van der Waals surface area contributed by atoms with Crippen LogP contribution in [0, 0.1) is 0 Å². The Morgan fingerprint density at radius 1 is 1.30 bits per heavy atom. The first-order chi connectivity index (χ1) is 9.72. The molecule has 0 N–H and O–H groups in total. The van der Waals surface area contributed by atoms with E-state index in [2.05, 4.69) is 62.3 Å². The van der Waals surface area contributed by atoms with Crippen LogP contribution in [0.1, 0.15) is 30.0 Å². The van der Waals surface area contributed by atoms with Gasteiger partial charge in [0.2, 0.25) is 0 Å². The molecule has 3 nitrogen and oxygen atoms in total. The minimum Gasteiger partial charge on any atom is -0.298 e. The van der Waals surface area contributed by atoms with E-state index in [4.69, 9.17) is 0 Å². The molecule has 0 saturated carbocycles. The molecule has 1 atom stereocenters. The zero-order valence-corrected chi connectivity index (χ0v) is 13.4. The predicted molar refractivity (Wildman–Crippen MR) is 84.6 cm³/mol. The maximum Gasteiger partial charge on any atom is 0.104 e. The fraction of sp³-hybridized carbons (Fsp3) is 0.438. The molecule has 3 rings (SSSR count). The van der Waals surface area contributed by atoms with Crippen molar-refractivity contribution in [2.45, 2.75) is 25.3 Å². The Labute approximate surface area is 128 Å². The summed E-state index contributed by atoms with van der Waals surface area (Å²) >= 11 is 3.54. The lowest BCUT2D eigenvalue weighted by atomic mass is 9.94. The summed E-state index contributed by atoms with van der Waals surface area (Å²) in [6.45, 7) is 3.35. The summed E-state index contributed by atoms with van der Waals surface area (Å²) in [4.78, 5) is 2.55. The van der Waals surface area contributed by atoms with E-state index in [1.807, 2.05) is 11.7 Å². The molecule has 4 heteroatoms. The Balaban J connectivity index is 1.67. The zero-order chi connectivity index (χ0) is 13.9. The van der Waals surface area contributed by atoms with E-state index in [0.717, 1.165) is 17.7 Å². The van der Waals surface area contributed by atoms with Crippen LogP contribution in [-0.2, 0) is 13.6 Å². The first-order valence-corrected chi connectivity index (χ1v) is 7.97. The van der Waals surface area contributed by atoms with Gasteiger partial charge in [0, 0.05) is 26.1 Å². The molecule has 0 radical (unpaired) electrons. The van der Waals surface area contributed by atoms with Gasteiger partial charge in [-0.2, -0.15) is 5.10 Å². The first-order valence-electron chi connectivity index (χ1n) is 7.18. The lowest BCUT2D eigenvalue weighted by molar-refractivity contribution is 0.198. The molecule has 2 aromatic rings. The number of likely N-dealkylation sites (tertiary alicyclic amines) is 1. The van der Waals surface area contributed by atoms with Crippen LogP contribution in [0.3, 0.4) is 0 Å². The largest absolute Gasteiger partial charge is 0.298 e. The minimum absolute atomic E-state index is 0.560. The van der Waals surface area contributed by atoms with E-state index in [-0.39, 0.29) is 0 Å². The Morgan fingerprint density at radius 2 is 2.10 bits per heavy atom. The molecule has 1 unspecified atom stereocenters. The second-order valence-corrected chi connectivity index (χ2v) is 6.39. The fourth-order valence-corrected chi connectivity index (χ4v) is 3.26. The van der Waals surface area contributed by atoms with Gasteiger partial charge in [0.25, 0.3) is 0 Å². The van der Waals surface area contributed by atoms with Crippen molar-refractivity contribution in [2.75, 3.05) is 13.1 Å². The minimum atomic E-state index is 0.560. The Morgan fingerprint density at radius 3 is 2.80 bits per heavy atom. The number of rotatable bonds is 3. The van der Waals surface area contributed by atoms with Crippen molar-refractivity contribution in [1.29, 1.82) is 0 Å². The molecule has 106 valence electrons. The molecule has 0 amide bonds. The molecule has 1 aromatic carbocycles. The normalized spacial score (nSPS) is 20.2. The van der Waals surface area contributed by atoms with Gasteiger partial charge < -0.3 is 0 Å². The molecule has 2 heterocycles. The number of aryl methyl sites for hydroxylation is 1. The van der Waals surface area contributed by atoms with Gasteiger partial charge in [0.05, 0.1) is 5.69 Å². The van der Waals surface area contributed by atoms with Crippen molar-refractivity contribution in [3.8, 4) is 0 Å². The highest BCUT2D eigenvalue weighted by Crippen LogP contribution is 2.28. The predicted octanol–water partition coefficient (Wildman–Crippen LogP) is 3.56. The Bertz CT molecular complexity index is 545. The standard InChI is InChI=1S/C16H20BrN3/c1-19-16(17)10-15(18-19)14-8-5-9-20(12-14)11-13-6-3-2-4-7-13/h2-4,6-7,10,14H,5,8-9,11-12H2,1H3. The fourth-order valence-electron chi connectivity index (χ4n) is 2.95. The van der Waals surface area contributed by atoms with Gasteiger partial charge in [-0.05, 0) is 46.9 Å². The topological polar surface area (TPSA) is 21.1 Å². The summed E-state index contributed by atoms with van der Waals surface area (Å²) in [6.07, 6.45) is 2.50. The van der Waals surface area contributed by atoms with Gasteiger partial charge >= 0.3 is 0 Å². The third-order valence-electron chi connectivity index (χ3n) is 4.01. The van der Waals surface area contributed by atoms with Gasteiger partial charge in [-0.1, -0.05) is 30.3 Å². The lowest BCUT2D eigenvalue weighted by Gasteiger charge is -2.31. The van der Waals surface area contributed by atoms with E-state index >= 15 is 0 Å². The second kappa shape index (κ2) is 6.10. The third kappa shape index (κ3) is 3.13. The molecule has 0 aliphatic carbocycles. The second-order valence-electron chi connectivity index (χ2n) is 5.58. The number of aromatic nitrogens is 2.